The fourth-order valence-electron chi connectivity index (χ4n) is 3.59. The number of aromatic nitrogens is 2. The summed E-state index contributed by atoms with van der Waals surface area (Å²) >= 11 is 0. The van der Waals surface area contributed by atoms with Crippen LogP contribution in [0, 0.1) is 6.92 Å². The van der Waals surface area contributed by atoms with Gasteiger partial charge in [-0.3, -0.25) is 9.69 Å². The van der Waals surface area contributed by atoms with Crippen LogP contribution < -0.4 is 9.46 Å². The van der Waals surface area contributed by atoms with Crippen LogP contribution in [0.3, 0.4) is 0 Å². The second kappa shape index (κ2) is 10.3. The van der Waals surface area contributed by atoms with Crippen LogP contribution >= 0.6 is 0 Å². The molecule has 10 nitrogen and oxygen atoms in total. The van der Waals surface area contributed by atoms with E-state index in [1.165, 1.54) is 19.2 Å². The van der Waals surface area contributed by atoms with Crippen molar-refractivity contribution in [3.63, 3.8) is 0 Å². The molecule has 34 heavy (non-hydrogen) atoms. The minimum atomic E-state index is -3.78. The Morgan fingerprint density at radius 1 is 1.06 bits per heavy atom. The highest BCUT2D eigenvalue weighted by Crippen LogP contribution is 2.18. The summed E-state index contributed by atoms with van der Waals surface area (Å²) in [5.41, 5.74) is 2.06. The molecule has 1 amide bonds. The summed E-state index contributed by atoms with van der Waals surface area (Å²) in [6.45, 7) is 4.44. The fourth-order valence-corrected chi connectivity index (χ4v) is 4.57. The van der Waals surface area contributed by atoms with Gasteiger partial charge in [0.05, 0.1) is 25.1 Å². The lowest BCUT2D eigenvalue weighted by atomic mass is 10.1. The largest absolute Gasteiger partial charge is 0.497 e. The molecule has 1 aliphatic rings. The first-order chi connectivity index (χ1) is 16.3. The Labute approximate surface area is 198 Å². The number of piperazine rings is 1. The van der Waals surface area contributed by atoms with Gasteiger partial charge in [-0.2, -0.15) is 4.98 Å². The second-order valence-corrected chi connectivity index (χ2v) is 9.80. The number of benzene rings is 2. The van der Waals surface area contributed by atoms with Crippen LogP contribution in [-0.2, 0) is 21.4 Å². The molecule has 4 rings (SSSR count). The number of hydrogen-bond donors (Lipinski definition) is 1. The zero-order valence-electron chi connectivity index (χ0n) is 19.1. The third-order valence-corrected chi connectivity index (χ3v) is 7.06. The number of rotatable bonds is 8. The van der Waals surface area contributed by atoms with Crippen LogP contribution in [0.25, 0.3) is 11.4 Å². The molecule has 0 radical (unpaired) electrons. The Kier molecular flexibility index (Phi) is 7.25. The van der Waals surface area contributed by atoms with Gasteiger partial charge in [0.25, 0.3) is 0 Å². The van der Waals surface area contributed by atoms with Gasteiger partial charge in [0, 0.05) is 31.7 Å². The first kappa shape index (κ1) is 23.9. The van der Waals surface area contributed by atoms with E-state index in [0.29, 0.717) is 50.2 Å². The van der Waals surface area contributed by atoms with Crippen LogP contribution in [-0.4, -0.2) is 74.1 Å². The molecular formula is C23H27N5O5S. The van der Waals surface area contributed by atoms with Crippen molar-refractivity contribution in [2.75, 3.05) is 39.8 Å². The molecule has 1 aromatic heterocycles. The molecule has 0 bridgehead atoms. The van der Waals surface area contributed by atoms with Gasteiger partial charge >= 0.3 is 0 Å². The summed E-state index contributed by atoms with van der Waals surface area (Å²) in [5.74, 6) is 1.35. The minimum Gasteiger partial charge on any atom is -0.497 e. The molecule has 0 aliphatic carbocycles. The second-order valence-electron chi connectivity index (χ2n) is 8.03. The third-order valence-electron chi connectivity index (χ3n) is 5.64. The maximum absolute atomic E-state index is 12.5. The van der Waals surface area contributed by atoms with E-state index in [9.17, 15) is 13.2 Å². The SMILES string of the molecule is COc1ccc(S(=O)(=O)NCC(=O)N2CCN(Cc3nc(-c4ccc(C)cc4)no3)CC2)cc1. The van der Waals surface area contributed by atoms with Gasteiger partial charge in [0.15, 0.2) is 0 Å². The quantitative estimate of drug-likeness (QED) is 0.512. The number of nitrogens with zero attached hydrogens (tertiary/aromatic N) is 4. The molecule has 1 saturated heterocycles. The van der Waals surface area contributed by atoms with Gasteiger partial charge in [-0.1, -0.05) is 35.0 Å². The summed E-state index contributed by atoms with van der Waals surface area (Å²) in [6.07, 6.45) is 0. The average Bonchev–Trinajstić information content (AvgIpc) is 3.32. The van der Waals surface area contributed by atoms with E-state index in [1.54, 1.807) is 17.0 Å². The molecule has 11 heteroatoms. The molecule has 2 aromatic carbocycles. The van der Waals surface area contributed by atoms with Gasteiger partial charge in [-0.25, -0.2) is 13.1 Å². The van der Waals surface area contributed by atoms with Crippen LogP contribution in [0.2, 0.25) is 0 Å². The zero-order valence-corrected chi connectivity index (χ0v) is 19.9. The van der Waals surface area contributed by atoms with Gasteiger partial charge in [-0.05, 0) is 31.2 Å². The first-order valence-electron chi connectivity index (χ1n) is 10.9. The van der Waals surface area contributed by atoms with E-state index in [-0.39, 0.29) is 17.3 Å². The Balaban J connectivity index is 1.25. The number of ether oxygens (including phenoxy) is 1. The monoisotopic (exact) mass is 485 g/mol. The van der Waals surface area contributed by atoms with Gasteiger partial charge < -0.3 is 14.2 Å². The molecule has 1 aliphatic heterocycles. The van der Waals surface area contributed by atoms with Crippen molar-refractivity contribution in [2.24, 2.45) is 0 Å². The first-order valence-corrected chi connectivity index (χ1v) is 12.4. The Bertz CT molecular complexity index is 1220. The van der Waals surface area contributed by atoms with E-state index in [0.717, 1.165) is 11.1 Å². The van der Waals surface area contributed by atoms with Crippen molar-refractivity contribution in [3.05, 3.63) is 60.0 Å². The smallest absolute Gasteiger partial charge is 0.241 e. The Morgan fingerprint density at radius 3 is 2.38 bits per heavy atom. The van der Waals surface area contributed by atoms with Crippen molar-refractivity contribution in [3.8, 4) is 17.1 Å². The zero-order chi connectivity index (χ0) is 24.1. The molecule has 180 valence electrons. The van der Waals surface area contributed by atoms with Crippen molar-refractivity contribution in [2.45, 2.75) is 18.4 Å². The number of amides is 1. The number of sulfonamides is 1. The predicted molar refractivity (Wildman–Crippen MR) is 125 cm³/mol. The Morgan fingerprint density at radius 2 is 1.74 bits per heavy atom. The lowest BCUT2D eigenvalue weighted by Crippen LogP contribution is -2.50. The number of carbonyl (C=O) groups excluding carboxylic acids is 1. The highest BCUT2D eigenvalue weighted by atomic mass is 32.2. The molecule has 3 aromatic rings. The van der Waals surface area contributed by atoms with E-state index in [1.807, 2.05) is 31.2 Å². The molecular weight excluding hydrogens is 458 g/mol. The highest BCUT2D eigenvalue weighted by molar-refractivity contribution is 7.89. The van der Waals surface area contributed by atoms with Gasteiger partial charge in [0.1, 0.15) is 5.75 Å². The summed E-state index contributed by atoms with van der Waals surface area (Å²) < 4.78 is 37.7. The van der Waals surface area contributed by atoms with Gasteiger partial charge in [0.2, 0.25) is 27.6 Å². The summed E-state index contributed by atoms with van der Waals surface area (Å²) in [6, 6.07) is 13.9. The molecule has 0 saturated carbocycles. The van der Waals surface area contributed by atoms with Crippen LogP contribution in [0.4, 0.5) is 0 Å². The number of nitrogens with one attached hydrogen (secondary N) is 1. The van der Waals surface area contributed by atoms with Crippen LogP contribution in [0.1, 0.15) is 11.5 Å². The summed E-state index contributed by atoms with van der Waals surface area (Å²) in [4.78, 5) is 20.9. The third kappa shape index (κ3) is 5.79. The van der Waals surface area contributed by atoms with Crippen molar-refractivity contribution >= 4 is 15.9 Å². The van der Waals surface area contributed by atoms with Gasteiger partial charge in [-0.15, -0.1) is 0 Å². The number of carbonyl (C=O) groups is 1. The highest BCUT2D eigenvalue weighted by Gasteiger charge is 2.24. The average molecular weight is 486 g/mol. The molecule has 2 heterocycles. The maximum atomic E-state index is 12.5. The fraction of sp³-hybridized carbons (Fsp3) is 0.348. The summed E-state index contributed by atoms with van der Waals surface area (Å²) in [7, 11) is -2.28. The van der Waals surface area contributed by atoms with Crippen molar-refractivity contribution in [1.82, 2.24) is 24.7 Å². The van der Waals surface area contributed by atoms with E-state index in [4.69, 9.17) is 9.26 Å². The van der Waals surface area contributed by atoms with Crippen molar-refractivity contribution in [1.29, 1.82) is 0 Å². The standard InChI is InChI=1S/C23H27N5O5S/c1-17-3-5-18(6-4-17)23-25-21(33-26-23)16-27-11-13-28(14-12-27)22(29)15-24-34(30,31)20-9-7-19(32-2)8-10-20/h3-10,24H,11-16H2,1-2H3. The lowest BCUT2D eigenvalue weighted by molar-refractivity contribution is -0.131. The number of methoxy groups -OCH3 is 1. The predicted octanol–water partition coefficient (Wildman–Crippen LogP) is 1.68. The maximum Gasteiger partial charge on any atom is 0.241 e. The van der Waals surface area contributed by atoms with E-state index >= 15 is 0 Å². The number of aryl methyl sites for hydroxylation is 1. The molecule has 1 N–H and O–H groups in total. The van der Waals surface area contributed by atoms with E-state index in [2.05, 4.69) is 19.8 Å². The lowest BCUT2D eigenvalue weighted by Gasteiger charge is -2.34. The molecule has 0 spiro atoms. The van der Waals surface area contributed by atoms with Crippen LogP contribution in [0.5, 0.6) is 5.75 Å². The summed E-state index contributed by atoms with van der Waals surface area (Å²) in [5, 5.41) is 4.06. The Hall–Kier alpha value is -3.28. The normalized spacial score (nSPS) is 14.8. The molecule has 0 unspecified atom stereocenters. The van der Waals surface area contributed by atoms with E-state index < -0.39 is 10.0 Å². The molecule has 1 fully saturated rings. The van der Waals surface area contributed by atoms with Crippen LogP contribution in [0.15, 0.2) is 57.9 Å². The number of hydrogen-bond acceptors (Lipinski definition) is 8. The van der Waals surface area contributed by atoms with Crippen molar-refractivity contribution < 1.29 is 22.5 Å². The minimum absolute atomic E-state index is 0.0792. The topological polar surface area (TPSA) is 118 Å². The molecule has 0 atom stereocenters.